The fourth-order valence-electron chi connectivity index (χ4n) is 2.01. The van der Waals surface area contributed by atoms with E-state index in [9.17, 15) is 14.1 Å². The van der Waals surface area contributed by atoms with Gasteiger partial charge in [-0.25, -0.2) is 4.79 Å². The highest BCUT2D eigenvalue weighted by Crippen LogP contribution is 2.26. The monoisotopic (exact) mass is 291 g/mol. The van der Waals surface area contributed by atoms with Crippen LogP contribution in [-0.4, -0.2) is 33.3 Å². The van der Waals surface area contributed by atoms with Gasteiger partial charge in [-0.05, 0) is 24.4 Å². The molecular weight excluding hydrogens is 274 g/mol. The fourth-order valence-corrected chi connectivity index (χ4v) is 2.33. The lowest BCUT2D eigenvalue weighted by molar-refractivity contribution is 0.0699. The highest BCUT2D eigenvalue weighted by Gasteiger charge is 2.12. The van der Waals surface area contributed by atoms with Gasteiger partial charge in [-0.3, -0.25) is 4.21 Å². The van der Waals surface area contributed by atoms with Gasteiger partial charge in [0.05, 0.1) is 5.56 Å². The van der Waals surface area contributed by atoms with E-state index >= 15 is 0 Å². The zero-order valence-electron chi connectivity index (χ0n) is 11.4. The maximum Gasteiger partial charge on any atom is 0.336 e. The topological polar surface area (TPSA) is 66.4 Å². The molecule has 2 rings (SSSR count). The number of aromatic carboxylic acids is 1. The van der Waals surface area contributed by atoms with E-state index in [4.69, 9.17) is 0 Å². The summed E-state index contributed by atoms with van der Waals surface area (Å²) in [5.41, 5.74) is 1.15. The normalized spacial score (nSPS) is 13.9. The summed E-state index contributed by atoms with van der Waals surface area (Å²) in [7, 11) is -0.886. The number of rotatable bonds is 5. The molecule has 106 valence electrons. The van der Waals surface area contributed by atoms with Crippen molar-refractivity contribution in [3.05, 3.63) is 42.0 Å². The van der Waals surface area contributed by atoms with Crippen LogP contribution in [-0.2, 0) is 10.8 Å². The standard InChI is InChI=1S/C15H17NO3S/c1-10(20(2)19)9-16-14-8-7-13(15(17)18)11-5-3-4-6-12(11)14/h3-8,10,16H,9H2,1-2H3,(H,17,18). The average molecular weight is 291 g/mol. The van der Waals surface area contributed by atoms with Gasteiger partial charge >= 0.3 is 5.97 Å². The van der Waals surface area contributed by atoms with Crippen LogP contribution in [0.1, 0.15) is 17.3 Å². The van der Waals surface area contributed by atoms with Gasteiger partial charge in [0, 0.05) is 39.9 Å². The Morgan fingerprint density at radius 1 is 1.25 bits per heavy atom. The molecule has 0 amide bonds. The minimum Gasteiger partial charge on any atom is -0.478 e. The second-order valence-corrected chi connectivity index (χ2v) is 6.50. The summed E-state index contributed by atoms with van der Waals surface area (Å²) in [6.45, 7) is 2.50. The number of benzene rings is 2. The molecule has 0 aliphatic rings. The predicted octanol–water partition coefficient (Wildman–Crippen LogP) is 2.72. The highest BCUT2D eigenvalue weighted by molar-refractivity contribution is 7.84. The molecule has 0 saturated heterocycles. The Kier molecular flexibility index (Phi) is 4.39. The van der Waals surface area contributed by atoms with E-state index in [1.54, 1.807) is 24.5 Å². The van der Waals surface area contributed by atoms with Gasteiger partial charge in [-0.2, -0.15) is 0 Å². The summed E-state index contributed by atoms with van der Waals surface area (Å²) in [6.07, 6.45) is 1.68. The minimum absolute atomic E-state index is 0.0351. The molecule has 0 spiro atoms. The van der Waals surface area contributed by atoms with Gasteiger partial charge in [-0.1, -0.05) is 24.3 Å². The summed E-state index contributed by atoms with van der Waals surface area (Å²) in [5, 5.41) is 14.1. The Morgan fingerprint density at radius 2 is 1.90 bits per heavy atom. The van der Waals surface area contributed by atoms with Crippen LogP contribution >= 0.6 is 0 Å². The molecule has 0 aliphatic carbocycles. The molecular formula is C15H17NO3S. The molecule has 0 heterocycles. The number of carboxylic acid groups (broad SMARTS) is 1. The van der Waals surface area contributed by atoms with Crippen LogP contribution in [0.2, 0.25) is 0 Å². The van der Waals surface area contributed by atoms with Crippen LogP contribution in [0, 0.1) is 0 Å². The Bertz CT molecular complexity index is 669. The van der Waals surface area contributed by atoms with Crippen molar-refractivity contribution in [2.24, 2.45) is 0 Å². The first-order valence-electron chi connectivity index (χ1n) is 6.32. The summed E-state index contributed by atoms with van der Waals surface area (Å²) in [6, 6.07) is 10.7. The summed E-state index contributed by atoms with van der Waals surface area (Å²) in [5.74, 6) is -0.934. The van der Waals surface area contributed by atoms with E-state index in [-0.39, 0.29) is 5.25 Å². The van der Waals surface area contributed by atoms with Crippen LogP contribution in [0.15, 0.2) is 36.4 Å². The van der Waals surface area contributed by atoms with Crippen molar-refractivity contribution < 1.29 is 14.1 Å². The van der Waals surface area contributed by atoms with Crippen LogP contribution in [0.25, 0.3) is 10.8 Å². The summed E-state index contributed by atoms with van der Waals surface area (Å²) >= 11 is 0. The Labute approximate surface area is 120 Å². The number of fused-ring (bicyclic) bond motifs is 1. The van der Waals surface area contributed by atoms with E-state index in [0.29, 0.717) is 17.5 Å². The molecule has 0 radical (unpaired) electrons. The number of hydrogen-bond acceptors (Lipinski definition) is 3. The Balaban J connectivity index is 2.38. The molecule has 2 atom stereocenters. The molecule has 2 aromatic rings. The zero-order valence-corrected chi connectivity index (χ0v) is 12.2. The third kappa shape index (κ3) is 2.99. The molecule has 0 aromatic heterocycles. The smallest absolute Gasteiger partial charge is 0.336 e. The molecule has 2 N–H and O–H groups in total. The first-order valence-corrected chi connectivity index (χ1v) is 7.94. The molecule has 0 bridgehead atoms. The maximum absolute atomic E-state index is 11.4. The lowest BCUT2D eigenvalue weighted by atomic mass is 10.0. The molecule has 2 unspecified atom stereocenters. The van der Waals surface area contributed by atoms with Gasteiger partial charge in [0.2, 0.25) is 0 Å². The van der Waals surface area contributed by atoms with Crippen molar-refractivity contribution in [2.45, 2.75) is 12.2 Å². The zero-order chi connectivity index (χ0) is 14.7. The fraction of sp³-hybridized carbons (Fsp3) is 0.267. The minimum atomic E-state index is -0.934. The molecule has 20 heavy (non-hydrogen) atoms. The SMILES string of the molecule is CC(CNc1ccc(C(=O)O)c2ccccc12)S(C)=O. The number of hydrogen-bond donors (Lipinski definition) is 2. The Hall–Kier alpha value is -1.88. The maximum atomic E-state index is 11.4. The first-order chi connectivity index (χ1) is 9.50. The average Bonchev–Trinajstić information content (AvgIpc) is 2.43. The van der Waals surface area contributed by atoms with Gasteiger partial charge in [0.15, 0.2) is 0 Å². The van der Waals surface area contributed by atoms with Gasteiger partial charge in [-0.15, -0.1) is 0 Å². The lowest BCUT2D eigenvalue weighted by Crippen LogP contribution is -2.20. The van der Waals surface area contributed by atoms with E-state index in [1.807, 2.05) is 25.1 Å². The van der Waals surface area contributed by atoms with E-state index < -0.39 is 16.8 Å². The van der Waals surface area contributed by atoms with Crippen molar-refractivity contribution in [2.75, 3.05) is 18.1 Å². The molecule has 0 fully saturated rings. The summed E-state index contributed by atoms with van der Waals surface area (Å²) < 4.78 is 11.4. The molecule has 5 heteroatoms. The van der Waals surface area contributed by atoms with E-state index in [1.165, 1.54) is 0 Å². The number of carboxylic acids is 1. The number of anilines is 1. The van der Waals surface area contributed by atoms with E-state index in [0.717, 1.165) is 11.1 Å². The number of nitrogens with one attached hydrogen (secondary N) is 1. The van der Waals surface area contributed by atoms with Crippen molar-refractivity contribution in [3.63, 3.8) is 0 Å². The molecule has 2 aromatic carbocycles. The molecule has 0 saturated carbocycles. The molecule has 0 aliphatic heterocycles. The number of carbonyl (C=O) groups is 1. The first kappa shape index (κ1) is 14.5. The van der Waals surface area contributed by atoms with Gasteiger partial charge in [0.1, 0.15) is 0 Å². The van der Waals surface area contributed by atoms with Gasteiger partial charge < -0.3 is 10.4 Å². The Morgan fingerprint density at radius 3 is 2.50 bits per heavy atom. The third-order valence-electron chi connectivity index (χ3n) is 3.30. The van der Waals surface area contributed by atoms with Crippen molar-refractivity contribution in [1.82, 2.24) is 0 Å². The van der Waals surface area contributed by atoms with Crippen molar-refractivity contribution in [1.29, 1.82) is 0 Å². The highest BCUT2D eigenvalue weighted by atomic mass is 32.2. The van der Waals surface area contributed by atoms with E-state index in [2.05, 4.69) is 5.32 Å². The van der Waals surface area contributed by atoms with Crippen LogP contribution in [0.4, 0.5) is 5.69 Å². The van der Waals surface area contributed by atoms with Crippen LogP contribution < -0.4 is 5.32 Å². The lowest BCUT2D eigenvalue weighted by Gasteiger charge is -2.14. The van der Waals surface area contributed by atoms with Crippen LogP contribution in [0.3, 0.4) is 0 Å². The van der Waals surface area contributed by atoms with Gasteiger partial charge in [0.25, 0.3) is 0 Å². The predicted molar refractivity (Wildman–Crippen MR) is 82.9 cm³/mol. The van der Waals surface area contributed by atoms with Crippen LogP contribution in [0.5, 0.6) is 0 Å². The summed E-state index contributed by atoms with van der Waals surface area (Å²) in [4.78, 5) is 11.2. The van der Waals surface area contributed by atoms with Crippen molar-refractivity contribution in [3.8, 4) is 0 Å². The second-order valence-electron chi connectivity index (χ2n) is 4.70. The third-order valence-corrected chi connectivity index (χ3v) is 4.60. The second kappa shape index (κ2) is 6.05. The quantitative estimate of drug-likeness (QED) is 0.889. The van der Waals surface area contributed by atoms with Crippen molar-refractivity contribution >= 4 is 33.2 Å². The molecule has 4 nitrogen and oxygen atoms in total. The largest absolute Gasteiger partial charge is 0.478 e.